The van der Waals surface area contributed by atoms with Gasteiger partial charge in [-0.2, -0.15) is 0 Å². The summed E-state index contributed by atoms with van der Waals surface area (Å²) in [5.74, 6) is 0.0489. The zero-order valence-corrected chi connectivity index (χ0v) is 15.3. The Morgan fingerprint density at radius 1 is 1.10 bits per heavy atom. The molecule has 0 saturated carbocycles. The number of Topliss-reactive ketones (excluding diaryl/α,β-unsaturated/α-hetero) is 1. The van der Waals surface area contributed by atoms with E-state index >= 15 is 0 Å². The normalized spacial score (nSPS) is 11.6. The van der Waals surface area contributed by atoms with E-state index < -0.39 is 0 Å². The molecule has 1 aromatic heterocycles. The molecule has 1 rings (SSSR count). The van der Waals surface area contributed by atoms with Gasteiger partial charge in [-0.1, -0.05) is 44.0 Å². The number of thiophene rings is 1. The van der Waals surface area contributed by atoms with Crippen LogP contribution in [-0.2, 0) is 0 Å². The van der Waals surface area contributed by atoms with Gasteiger partial charge in [0.25, 0.3) is 0 Å². The van der Waals surface area contributed by atoms with Crippen LogP contribution < -0.4 is 0 Å². The Morgan fingerprint density at radius 2 is 1.67 bits per heavy atom. The minimum absolute atomic E-state index is 0.0489. The molecule has 0 spiro atoms. The molecule has 1 heterocycles. The molecule has 0 atom stereocenters. The molecule has 0 aliphatic heterocycles. The molecule has 0 amide bonds. The second kappa shape index (κ2) is 9.80. The highest BCUT2D eigenvalue weighted by Crippen LogP contribution is 2.31. The summed E-state index contributed by atoms with van der Waals surface area (Å²) in [6.45, 7) is 11.8. The summed E-state index contributed by atoms with van der Waals surface area (Å²) in [6.07, 6.45) is 1.07. The largest absolute Gasteiger partial charge is 0.304 e. The van der Waals surface area contributed by atoms with Crippen molar-refractivity contribution in [3.05, 3.63) is 20.3 Å². The third kappa shape index (κ3) is 6.25. The van der Waals surface area contributed by atoms with E-state index in [0.29, 0.717) is 20.8 Å². The fourth-order valence-electron chi connectivity index (χ4n) is 2.23. The summed E-state index contributed by atoms with van der Waals surface area (Å²) in [4.78, 5) is 16.8. The molecule has 0 fully saturated rings. The molecule has 120 valence electrons. The van der Waals surface area contributed by atoms with Crippen LogP contribution in [0.5, 0.6) is 0 Å². The van der Waals surface area contributed by atoms with E-state index in [9.17, 15) is 4.79 Å². The van der Waals surface area contributed by atoms with Crippen LogP contribution in [0, 0.1) is 0 Å². The van der Waals surface area contributed by atoms with E-state index in [1.807, 2.05) is 0 Å². The van der Waals surface area contributed by atoms with Crippen LogP contribution in [0.25, 0.3) is 0 Å². The molecule has 0 saturated heterocycles. The van der Waals surface area contributed by atoms with Gasteiger partial charge in [-0.05, 0) is 45.2 Å². The third-order valence-electron chi connectivity index (χ3n) is 3.61. The van der Waals surface area contributed by atoms with Gasteiger partial charge < -0.3 is 4.90 Å². The monoisotopic (exact) mass is 350 g/mol. The van der Waals surface area contributed by atoms with Crippen LogP contribution in [0.4, 0.5) is 0 Å². The van der Waals surface area contributed by atoms with Crippen molar-refractivity contribution in [2.24, 2.45) is 0 Å². The van der Waals surface area contributed by atoms with Gasteiger partial charge in [0, 0.05) is 0 Å². The van der Waals surface area contributed by atoms with Crippen molar-refractivity contribution in [1.29, 1.82) is 0 Å². The number of rotatable bonds is 10. The minimum atomic E-state index is 0.0489. The number of carbonyl (C=O) groups is 1. The van der Waals surface area contributed by atoms with Crippen molar-refractivity contribution in [3.8, 4) is 0 Å². The van der Waals surface area contributed by atoms with Crippen molar-refractivity contribution >= 4 is 40.3 Å². The van der Waals surface area contributed by atoms with E-state index in [4.69, 9.17) is 23.2 Å². The molecule has 6 heteroatoms. The highest BCUT2D eigenvalue weighted by atomic mass is 35.5. The van der Waals surface area contributed by atoms with Gasteiger partial charge in [-0.3, -0.25) is 9.69 Å². The zero-order valence-electron chi connectivity index (χ0n) is 13.0. The van der Waals surface area contributed by atoms with Gasteiger partial charge in [0.15, 0.2) is 5.78 Å². The summed E-state index contributed by atoms with van der Waals surface area (Å²) in [5.41, 5.74) is 0.550. The van der Waals surface area contributed by atoms with Crippen LogP contribution in [0.2, 0.25) is 8.67 Å². The lowest BCUT2D eigenvalue weighted by Crippen LogP contribution is -2.33. The summed E-state index contributed by atoms with van der Waals surface area (Å²) in [7, 11) is 0. The lowest BCUT2D eigenvalue weighted by atomic mass is 10.2. The molecule has 1 aromatic rings. The molecular formula is C15H24Cl2N2OS. The van der Waals surface area contributed by atoms with Gasteiger partial charge in [0.2, 0.25) is 0 Å². The summed E-state index contributed by atoms with van der Waals surface area (Å²) >= 11 is 13.2. The number of likely N-dealkylation sites (N-methyl/N-ethyl adjacent to an activating group) is 1. The van der Waals surface area contributed by atoms with Gasteiger partial charge >= 0.3 is 0 Å². The average Bonchev–Trinajstić information content (AvgIpc) is 2.81. The highest BCUT2D eigenvalue weighted by Gasteiger charge is 2.17. The lowest BCUT2D eigenvalue weighted by Gasteiger charge is -2.22. The predicted octanol–water partition coefficient (Wildman–Crippen LogP) is 4.29. The average molecular weight is 351 g/mol. The molecule has 21 heavy (non-hydrogen) atoms. The molecular weight excluding hydrogens is 327 g/mol. The van der Waals surface area contributed by atoms with Crippen LogP contribution in [0.3, 0.4) is 0 Å². The number of hydrogen-bond acceptors (Lipinski definition) is 4. The molecule has 0 aliphatic carbocycles. The Hall–Kier alpha value is -0.130. The van der Waals surface area contributed by atoms with E-state index in [1.165, 1.54) is 11.3 Å². The van der Waals surface area contributed by atoms with Gasteiger partial charge in [-0.25, -0.2) is 0 Å². The van der Waals surface area contributed by atoms with E-state index in [-0.39, 0.29) is 5.78 Å². The quantitative estimate of drug-likeness (QED) is 0.588. The van der Waals surface area contributed by atoms with Crippen molar-refractivity contribution in [1.82, 2.24) is 9.80 Å². The highest BCUT2D eigenvalue weighted by molar-refractivity contribution is 7.20. The molecule has 0 radical (unpaired) electrons. The van der Waals surface area contributed by atoms with Gasteiger partial charge in [0.05, 0.1) is 16.4 Å². The first-order valence-electron chi connectivity index (χ1n) is 7.44. The first-order valence-corrected chi connectivity index (χ1v) is 9.01. The van der Waals surface area contributed by atoms with Crippen LogP contribution in [0.1, 0.15) is 37.6 Å². The maximum absolute atomic E-state index is 12.3. The Balaban J connectivity index is 2.46. The first-order chi connectivity index (χ1) is 10.0. The van der Waals surface area contributed by atoms with Crippen molar-refractivity contribution in [2.45, 2.75) is 27.2 Å². The van der Waals surface area contributed by atoms with Crippen molar-refractivity contribution < 1.29 is 4.79 Å². The molecule has 0 bridgehead atoms. The molecule has 3 nitrogen and oxygen atoms in total. The van der Waals surface area contributed by atoms with Crippen LogP contribution >= 0.6 is 34.5 Å². The smallest absolute Gasteiger partial charge is 0.179 e. The van der Waals surface area contributed by atoms with Crippen molar-refractivity contribution in [3.63, 3.8) is 0 Å². The van der Waals surface area contributed by atoms with Crippen molar-refractivity contribution in [2.75, 3.05) is 39.3 Å². The Morgan fingerprint density at radius 3 is 2.14 bits per heavy atom. The Labute approximate surface area is 141 Å². The fraction of sp³-hybridized carbons (Fsp3) is 0.667. The lowest BCUT2D eigenvalue weighted by molar-refractivity contribution is 0.0931. The third-order valence-corrected chi connectivity index (χ3v) is 5.10. The first kappa shape index (κ1) is 18.9. The maximum Gasteiger partial charge on any atom is 0.179 e. The second-order valence-corrected chi connectivity index (χ2v) is 7.20. The second-order valence-electron chi connectivity index (χ2n) is 4.91. The Bertz CT molecular complexity index is 447. The molecule has 0 unspecified atom stereocenters. The fourth-order valence-corrected chi connectivity index (χ4v) is 3.72. The Kier molecular flexibility index (Phi) is 8.83. The topological polar surface area (TPSA) is 23.6 Å². The number of halogens is 2. The van der Waals surface area contributed by atoms with Crippen LogP contribution in [-0.4, -0.2) is 54.9 Å². The van der Waals surface area contributed by atoms with E-state index in [1.54, 1.807) is 6.07 Å². The zero-order chi connectivity index (χ0) is 15.8. The molecule has 0 aromatic carbocycles. The molecule has 0 aliphatic rings. The minimum Gasteiger partial charge on any atom is -0.304 e. The van der Waals surface area contributed by atoms with Gasteiger partial charge in [0.1, 0.15) is 4.34 Å². The standard InChI is InChI=1S/C15H24Cl2N2OS/c1-4-18(5-2)8-7-9-19(6-3)11-13(20)12-10-14(16)21-15(12)17/h10H,4-9,11H2,1-3H3. The number of ketones is 1. The predicted molar refractivity (Wildman–Crippen MR) is 93.2 cm³/mol. The SMILES string of the molecule is CCN(CC)CCCN(CC)CC(=O)c1cc(Cl)sc1Cl. The molecule has 0 N–H and O–H groups in total. The number of nitrogens with zero attached hydrogens (tertiary/aromatic N) is 2. The number of carbonyl (C=O) groups excluding carboxylic acids is 1. The number of hydrogen-bond donors (Lipinski definition) is 0. The summed E-state index contributed by atoms with van der Waals surface area (Å²) in [5, 5.41) is 0. The van der Waals surface area contributed by atoms with E-state index in [2.05, 4.69) is 30.6 Å². The summed E-state index contributed by atoms with van der Waals surface area (Å²) < 4.78 is 1.05. The van der Waals surface area contributed by atoms with E-state index in [0.717, 1.165) is 39.1 Å². The summed E-state index contributed by atoms with van der Waals surface area (Å²) in [6, 6.07) is 1.67. The van der Waals surface area contributed by atoms with Crippen LogP contribution in [0.15, 0.2) is 6.07 Å². The van der Waals surface area contributed by atoms with Gasteiger partial charge in [-0.15, -0.1) is 11.3 Å². The maximum atomic E-state index is 12.3.